The molecule has 0 radical (unpaired) electrons. The molecule has 0 amide bonds. The number of halogens is 1. The molecule has 1 heterocycles. The van der Waals surface area contributed by atoms with Crippen molar-refractivity contribution < 1.29 is 13.2 Å². The number of sulfone groups is 1. The highest BCUT2D eigenvalue weighted by atomic mass is 35.5. The molecule has 0 aliphatic carbocycles. The summed E-state index contributed by atoms with van der Waals surface area (Å²) >= 11 is 6.07. The van der Waals surface area contributed by atoms with Crippen molar-refractivity contribution in [2.45, 2.75) is 24.6 Å². The Morgan fingerprint density at radius 3 is 2.69 bits per heavy atom. The van der Waals surface area contributed by atoms with E-state index in [4.69, 9.17) is 16.3 Å². The molecule has 158 valence electrons. The van der Waals surface area contributed by atoms with Crippen LogP contribution < -0.4 is 10.1 Å². The molecule has 2 atom stereocenters. The first-order valence-corrected chi connectivity index (χ1v) is 12.3. The van der Waals surface area contributed by atoms with Gasteiger partial charge in [0.1, 0.15) is 12.4 Å². The van der Waals surface area contributed by atoms with Crippen LogP contribution in [-0.4, -0.2) is 58.4 Å². The van der Waals surface area contributed by atoms with Gasteiger partial charge in [-0.1, -0.05) is 35.9 Å². The molecule has 1 unspecified atom stereocenters. The van der Waals surface area contributed by atoms with Gasteiger partial charge in [-0.2, -0.15) is 0 Å². The van der Waals surface area contributed by atoms with Crippen LogP contribution in [-0.2, 0) is 16.3 Å². The molecule has 7 heteroatoms. The van der Waals surface area contributed by atoms with Crippen LogP contribution in [0, 0.1) is 0 Å². The zero-order chi connectivity index (χ0) is 20.9. The molecule has 0 aromatic heterocycles. The Bertz CT molecular complexity index is 903. The van der Waals surface area contributed by atoms with Gasteiger partial charge in [0.15, 0.2) is 9.84 Å². The Hall–Kier alpha value is -1.60. The summed E-state index contributed by atoms with van der Waals surface area (Å²) in [6.45, 7) is 6.17. The van der Waals surface area contributed by atoms with Crippen molar-refractivity contribution in [3.05, 3.63) is 64.7 Å². The number of benzene rings is 2. The van der Waals surface area contributed by atoms with E-state index in [1.54, 1.807) is 6.92 Å². The summed E-state index contributed by atoms with van der Waals surface area (Å²) < 4.78 is 29.3. The SMILES string of the molecule is CC(c1ccc(OC[C@@H]2CN(CCc3cccc(Cl)c3)CCN2)cc1)S(C)(=O)=O. The maximum absolute atomic E-state index is 11.7. The number of nitrogens with one attached hydrogen (secondary N) is 1. The fraction of sp³-hybridized carbons (Fsp3) is 0.455. The van der Waals surface area contributed by atoms with E-state index in [-0.39, 0.29) is 6.04 Å². The number of hydrogen-bond donors (Lipinski definition) is 1. The average Bonchev–Trinajstić information content (AvgIpc) is 2.70. The van der Waals surface area contributed by atoms with E-state index in [0.717, 1.165) is 48.9 Å². The molecule has 0 saturated carbocycles. The number of hydrogen-bond acceptors (Lipinski definition) is 5. The topological polar surface area (TPSA) is 58.6 Å². The lowest BCUT2D eigenvalue weighted by Crippen LogP contribution is -2.53. The largest absolute Gasteiger partial charge is 0.492 e. The molecule has 29 heavy (non-hydrogen) atoms. The summed E-state index contributed by atoms with van der Waals surface area (Å²) in [7, 11) is -3.10. The molecule has 1 aliphatic heterocycles. The molecular weight excluding hydrogens is 408 g/mol. The lowest BCUT2D eigenvalue weighted by Gasteiger charge is -2.33. The summed E-state index contributed by atoms with van der Waals surface area (Å²) in [4.78, 5) is 2.45. The number of ether oxygens (including phenoxy) is 1. The Morgan fingerprint density at radius 1 is 1.24 bits per heavy atom. The lowest BCUT2D eigenvalue weighted by molar-refractivity contribution is 0.159. The van der Waals surface area contributed by atoms with Crippen molar-refractivity contribution in [2.75, 3.05) is 39.0 Å². The van der Waals surface area contributed by atoms with Gasteiger partial charge in [-0.3, -0.25) is 0 Å². The van der Waals surface area contributed by atoms with Crippen LogP contribution in [0.4, 0.5) is 0 Å². The predicted molar refractivity (Wildman–Crippen MR) is 119 cm³/mol. The average molecular weight is 437 g/mol. The Balaban J connectivity index is 1.47. The minimum atomic E-state index is -3.10. The second-order valence-electron chi connectivity index (χ2n) is 7.68. The van der Waals surface area contributed by atoms with Gasteiger partial charge in [0.25, 0.3) is 0 Å². The minimum Gasteiger partial charge on any atom is -0.492 e. The van der Waals surface area contributed by atoms with E-state index in [9.17, 15) is 8.42 Å². The number of rotatable bonds is 8. The summed E-state index contributed by atoms with van der Waals surface area (Å²) in [5.41, 5.74) is 2.04. The number of nitrogens with zero attached hydrogens (tertiary/aromatic N) is 1. The van der Waals surface area contributed by atoms with E-state index in [1.165, 1.54) is 11.8 Å². The fourth-order valence-electron chi connectivity index (χ4n) is 3.47. The van der Waals surface area contributed by atoms with Crippen LogP contribution in [0.25, 0.3) is 0 Å². The second kappa shape index (κ2) is 9.94. The summed E-state index contributed by atoms with van der Waals surface area (Å²) in [5.74, 6) is 0.757. The van der Waals surface area contributed by atoms with Crippen molar-refractivity contribution in [1.82, 2.24) is 10.2 Å². The molecule has 1 fully saturated rings. The Morgan fingerprint density at radius 2 is 2.00 bits per heavy atom. The quantitative estimate of drug-likeness (QED) is 0.687. The van der Waals surface area contributed by atoms with Gasteiger partial charge in [-0.25, -0.2) is 8.42 Å². The molecule has 1 N–H and O–H groups in total. The molecule has 3 rings (SSSR count). The van der Waals surface area contributed by atoms with Crippen molar-refractivity contribution in [3.63, 3.8) is 0 Å². The van der Waals surface area contributed by atoms with Crippen molar-refractivity contribution in [3.8, 4) is 5.75 Å². The number of piperazine rings is 1. The predicted octanol–water partition coefficient (Wildman–Crippen LogP) is 3.34. The Kier molecular flexibility index (Phi) is 7.57. The van der Waals surface area contributed by atoms with Crippen LogP contribution in [0.5, 0.6) is 5.75 Å². The summed E-state index contributed by atoms with van der Waals surface area (Å²) in [5, 5.41) is 3.78. The molecule has 0 bridgehead atoms. The van der Waals surface area contributed by atoms with Crippen LogP contribution in [0.15, 0.2) is 48.5 Å². The van der Waals surface area contributed by atoms with Gasteiger partial charge in [-0.05, 0) is 48.7 Å². The van der Waals surface area contributed by atoms with Crippen molar-refractivity contribution >= 4 is 21.4 Å². The summed E-state index contributed by atoms with van der Waals surface area (Å²) in [6.07, 6.45) is 2.24. The smallest absolute Gasteiger partial charge is 0.154 e. The highest BCUT2D eigenvalue weighted by Crippen LogP contribution is 2.23. The van der Waals surface area contributed by atoms with Gasteiger partial charge >= 0.3 is 0 Å². The first-order chi connectivity index (χ1) is 13.8. The molecule has 2 aromatic rings. The zero-order valence-electron chi connectivity index (χ0n) is 17.0. The molecule has 5 nitrogen and oxygen atoms in total. The second-order valence-corrected chi connectivity index (χ2v) is 10.5. The first-order valence-electron chi connectivity index (χ1n) is 9.93. The molecule has 1 aliphatic rings. The minimum absolute atomic E-state index is 0.262. The normalized spacial score (nSPS) is 19.1. The van der Waals surface area contributed by atoms with Crippen molar-refractivity contribution in [2.24, 2.45) is 0 Å². The van der Waals surface area contributed by atoms with Gasteiger partial charge in [-0.15, -0.1) is 0 Å². The standard InChI is InChI=1S/C22H29ClN2O3S/c1-17(29(2,26)27)19-6-8-22(9-7-19)28-16-21-15-25(13-11-24-21)12-10-18-4-3-5-20(23)14-18/h3-9,14,17,21,24H,10-13,15-16H2,1-2H3/t17?,21-/m0/s1. The van der Waals surface area contributed by atoms with Gasteiger partial charge in [0, 0.05) is 37.5 Å². The van der Waals surface area contributed by atoms with E-state index in [1.807, 2.05) is 42.5 Å². The molecule has 0 spiro atoms. The lowest BCUT2D eigenvalue weighted by atomic mass is 10.1. The van der Waals surface area contributed by atoms with Gasteiger partial charge in [0.2, 0.25) is 0 Å². The van der Waals surface area contributed by atoms with E-state index in [2.05, 4.69) is 16.3 Å². The fourth-order valence-corrected chi connectivity index (χ4v) is 4.33. The van der Waals surface area contributed by atoms with E-state index < -0.39 is 15.1 Å². The molecular formula is C22H29ClN2O3S. The molecule has 1 saturated heterocycles. The van der Waals surface area contributed by atoms with Crippen LogP contribution in [0.1, 0.15) is 23.3 Å². The highest BCUT2D eigenvalue weighted by Gasteiger charge is 2.20. The van der Waals surface area contributed by atoms with Crippen LogP contribution >= 0.6 is 11.6 Å². The summed E-state index contributed by atoms with van der Waals surface area (Å²) in [6, 6.07) is 15.6. The van der Waals surface area contributed by atoms with Gasteiger partial charge in [0.05, 0.1) is 11.3 Å². The maximum atomic E-state index is 11.7. The molecule has 2 aromatic carbocycles. The van der Waals surface area contributed by atoms with E-state index >= 15 is 0 Å². The van der Waals surface area contributed by atoms with Crippen LogP contribution in [0.3, 0.4) is 0 Å². The zero-order valence-corrected chi connectivity index (χ0v) is 18.5. The third-order valence-corrected chi connectivity index (χ3v) is 7.18. The van der Waals surface area contributed by atoms with Gasteiger partial charge < -0.3 is 15.0 Å². The van der Waals surface area contributed by atoms with Crippen molar-refractivity contribution in [1.29, 1.82) is 0 Å². The maximum Gasteiger partial charge on any atom is 0.154 e. The van der Waals surface area contributed by atoms with Crippen LogP contribution in [0.2, 0.25) is 5.02 Å². The third-order valence-electron chi connectivity index (χ3n) is 5.39. The Labute approximate surface area is 178 Å². The third kappa shape index (κ3) is 6.71. The monoisotopic (exact) mass is 436 g/mol. The first kappa shape index (κ1) is 22.1. The van der Waals surface area contributed by atoms with E-state index in [0.29, 0.717) is 6.61 Å². The highest BCUT2D eigenvalue weighted by molar-refractivity contribution is 7.90.